The predicted octanol–water partition coefficient (Wildman–Crippen LogP) is 3.56. The molecule has 0 saturated heterocycles. The molecule has 4 rings (SSSR count). The Morgan fingerprint density at radius 1 is 1.23 bits per heavy atom. The zero-order valence-electron chi connectivity index (χ0n) is 18.4. The van der Waals surface area contributed by atoms with E-state index in [4.69, 9.17) is 0 Å². The molecule has 0 bridgehead atoms. The molecule has 2 heterocycles. The molecule has 1 aromatic carbocycles. The number of nitrogens with zero attached hydrogens (tertiary/aromatic N) is 1. The summed E-state index contributed by atoms with van der Waals surface area (Å²) in [6.07, 6.45) is 2.05. The molecule has 0 saturated carbocycles. The summed E-state index contributed by atoms with van der Waals surface area (Å²) >= 11 is 0. The molecule has 7 nitrogen and oxygen atoms in total. The van der Waals surface area contributed by atoms with Crippen LogP contribution in [-0.2, 0) is 26.4 Å². The van der Waals surface area contributed by atoms with Gasteiger partial charge < -0.3 is 25.1 Å². The second-order valence-corrected chi connectivity index (χ2v) is 9.62. The van der Waals surface area contributed by atoms with Crippen LogP contribution in [0.25, 0.3) is 22.2 Å². The van der Waals surface area contributed by atoms with Crippen LogP contribution >= 0.6 is 0 Å². The van der Waals surface area contributed by atoms with Gasteiger partial charge in [-0.1, -0.05) is 20.8 Å². The van der Waals surface area contributed by atoms with E-state index in [1.807, 2.05) is 6.07 Å². The predicted molar refractivity (Wildman–Crippen MR) is 121 cm³/mol. The number of nitrogens with one attached hydrogen (secondary N) is 2. The lowest BCUT2D eigenvalue weighted by molar-refractivity contribution is 0.0691. The molecule has 2 aromatic heterocycles. The van der Waals surface area contributed by atoms with E-state index < -0.39 is 22.8 Å². The Bertz CT molecular complexity index is 1240. The third-order valence-electron chi connectivity index (χ3n) is 5.97. The lowest BCUT2D eigenvalue weighted by Crippen LogP contribution is -2.27. The van der Waals surface area contributed by atoms with Gasteiger partial charge >= 0.3 is 5.97 Å². The van der Waals surface area contributed by atoms with E-state index in [2.05, 4.69) is 54.8 Å². The number of carbonyl (C=O) groups is 1. The Kier molecular flexibility index (Phi) is 5.17. The van der Waals surface area contributed by atoms with Crippen molar-refractivity contribution in [3.05, 3.63) is 50.9 Å². The molecule has 0 aliphatic heterocycles. The molecule has 7 heteroatoms. The van der Waals surface area contributed by atoms with Gasteiger partial charge in [-0.05, 0) is 48.4 Å². The molecule has 0 fully saturated rings. The average Bonchev–Trinajstić information content (AvgIpc) is 2.85. The van der Waals surface area contributed by atoms with Crippen molar-refractivity contribution in [1.29, 1.82) is 0 Å². The minimum Gasteiger partial charge on any atom is -0.506 e. The van der Waals surface area contributed by atoms with E-state index in [-0.39, 0.29) is 5.41 Å². The van der Waals surface area contributed by atoms with E-state index in [0.717, 1.165) is 53.7 Å². The van der Waals surface area contributed by atoms with Gasteiger partial charge in [0.1, 0.15) is 5.75 Å². The number of fused-ring (bicyclic) bond motifs is 4. The number of hydrogen-bond donors (Lipinski definition) is 4. The number of aryl methyl sites for hydroxylation is 2. The van der Waals surface area contributed by atoms with Crippen molar-refractivity contribution in [2.75, 3.05) is 6.54 Å². The van der Waals surface area contributed by atoms with Crippen molar-refractivity contribution in [2.24, 2.45) is 12.5 Å². The van der Waals surface area contributed by atoms with Crippen molar-refractivity contribution in [3.8, 4) is 17.0 Å². The van der Waals surface area contributed by atoms with E-state index >= 15 is 0 Å². The van der Waals surface area contributed by atoms with Crippen molar-refractivity contribution < 1.29 is 15.0 Å². The molecule has 1 aliphatic rings. The molecular formula is C24H29N3O4. The molecule has 0 amide bonds. The van der Waals surface area contributed by atoms with Crippen molar-refractivity contribution in [2.45, 2.75) is 46.6 Å². The van der Waals surface area contributed by atoms with Gasteiger partial charge in [0.2, 0.25) is 0 Å². The minimum atomic E-state index is -1.42. The third-order valence-corrected chi connectivity index (χ3v) is 5.97. The van der Waals surface area contributed by atoms with Crippen LogP contribution in [0.2, 0.25) is 0 Å². The normalized spacial score (nSPS) is 13.7. The van der Waals surface area contributed by atoms with Crippen LogP contribution < -0.4 is 10.9 Å². The molecule has 3 aromatic rings. The Labute approximate surface area is 180 Å². The SMILES string of the molecule is Cn1c(CNCC(C)(C)C)cc2cc3c(cc21)CCCc1c-3[nH]c(=O)c(C(=O)O)c1O. The molecule has 164 valence electrons. The van der Waals surface area contributed by atoms with Crippen LogP contribution in [0, 0.1) is 5.41 Å². The van der Waals surface area contributed by atoms with Crippen molar-refractivity contribution in [3.63, 3.8) is 0 Å². The van der Waals surface area contributed by atoms with Gasteiger partial charge in [0.25, 0.3) is 5.56 Å². The van der Waals surface area contributed by atoms with Gasteiger partial charge in [-0.3, -0.25) is 4.79 Å². The van der Waals surface area contributed by atoms with Gasteiger partial charge in [0.15, 0.2) is 5.56 Å². The standard InChI is InChI=1S/C24H29N3O4/c1-24(2,3)12-25-11-15-8-14-9-17-13(10-18(14)27(15)4)6-5-7-16-20(17)26-22(29)19(21(16)28)23(30)31/h8-10,25H,5-7,11-12H2,1-4H3,(H,30,31)(H2,26,28,29). The highest BCUT2D eigenvalue weighted by atomic mass is 16.4. The van der Waals surface area contributed by atoms with Crippen molar-refractivity contribution >= 4 is 16.9 Å². The fourth-order valence-electron chi connectivity index (χ4n) is 4.42. The topological polar surface area (TPSA) is 107 Å². The van der Waals surface area contributed by atoms with Gasteiger partial charge in [-0.2, -0.15) is 0 Å². The number of aromatic nitrogens is 2. The lowest BCUT2D eigenvalue weighted by atomic mass is 9.97. The Morgan fingerprint density at radius 2 is 1.97 bits per heavy atom. The molecule has 1 aliphatic carbocycles. The quantitative estimate of drug-likeness (QED) is 0.513. The zero-order chi connectivity index (χ0) is 22.5. The number of benzene rings is 1. The second kappa shape index (κ2) is 7.57. The van der Waals surface area contributed by atoms with Gasteiger partial charge in [0, 0.05) is 47.9 Å². The fraction of sp³-hybridized carbons (Fsp3) is 0.417. The zero-order valence-corrected chi connectivity index (χ0v) is 18.4. The minimum absolute atomic E-state index is 0.203. The van der Waals surface area contributed by atoms with Crippen LogP contribution in [0.1, 0.15) is 54.4 Å². The van der Waals surface area contributed by atoms with E-state index in [1.54, 1.807) is 0 Å². The summed E-state index contributed by atoms with van der Waals surface area (Å²) < 4.78 is 2.19. The molecular weight excluding hydrogens is 394 g/mol. The number of aromatic carboxylic acids is 1. The summed E-state index contributed by atoms with van der Waals surface area (Å²) in [5.74, 6) is -1.84. The van der Waals surface area contributed by atoms with Gasteiger partial charge in [-0.25, -0.2) is 4.79 Å². The number of pyridine rings is 1. The van der Waals surface area contributed by atoms with Crippen LogP contribution in [0.15, 0.2) is 23.0 Å². The summed E-state index contributed by atoms with van der Waals surface area (Å²) in [6.45, 7) is 8.25. The highest BCUT2D eigenvalue weighted by Crippen LogP contribution is 2.38. The van der Waals surface area contributed by atoms with Crippen LogP contribution in [-0.4, -0.2) is 32.3 Å². The van der Waals surface area contributed by atoms with E-state index in [1.165, 1.54) is 0 Å². The highest BCUT2D eigenvalue weighted by Gasteiger charge is 2.26. The number of aromatic hydroxyl groups is 1. The number of carboxylic acids is 1. The molecule has 0 radical (unpaired) electrons. The first-order valence-electron chi connectivity index (χ1n) is 10.6. The number of aromatic amines is 1. The second-order valence-electron chi connectivity index (χ2n) is 9.62. The van der Waals surface area contributed by atoms with E-state index in [0.29, 0.717) is 17.7 Å². The Balaban J connectivity index is 1.82. The van der Waals surface area contributed by atoms with Crippen molar-refractivity contribution in [1.82, 2.24) is 14.9 Å². The summed E-state index contributed by atoms with van der Waals surface area (Å²) in [4.78, 5) is 26.6. The summed E-state index contributed by atoms with van der Waals surface area (Å²) in [5.41, 5.74) is 4.07. The summed E-state index contributed by atoms with van der Waals surface area (Å²) in [7, 11) is 2.06. The Morgan fingerprint density at radius 3 is 2.65 bits per heavy atom. The fourth-order valence-corrected chi connectivity index (χ4v) is 4.42. The smallest absolute Gasteiger partial charge is 0.345 e. The maximum absolute atomic E-state index is 12.4. The number of rotatable bonds is 4. The number of carboxylic acid groups (broad SMARTS) is 1. The monoisotopic (exact) mass is 423 g/mol. The third kappa shape index (κ3) is 3.85. The Hall–Kier alpha value is -3.06. The maximum atomic E-state index is 12.4. The first kappa shape index (κ1) is 21.2. The molecule has 0 atom stereocenters. The molecule has 0 spiro atoms. The number of hydrogen-bond acceptors (Lipinski definition) is 4. The number of H-pyrrole nitrogens is 1. The molecule has 31 heavy (non-hydrogen) atoms. The van der Waals surface area contributed by atoms with Gasteiger partial charge in [-0.15, -0.1) is 0 Å². The summed E-state index contributed by atoms with van der Waals surface area (Å²) in [5, 5.41) is 24.4. The summed E-state index contributed by atoms with van der Waals surface area (Å²) in [6, 6.07) is 6.32. The first-order chi connectivity index (χ1) is 14.6. The van der Waals surface area contributed by atoms with Crippen LogP contribution in [0.3, 0.4) is 0 Å². The molecule has 4 N–H and O–H groups in total. The average molecular weight is 424 g/mol. The first-order valence-corrected chi connectivity index (χ1v) is 10.6. The largest absolute Gasteiger partial charge is 0.506 e. The lowest BCUT2D eigenvalue weighted by Gasteiger charge is -2.18. The van der Waals surface area contributed by atoms with E-state index in [9.17, 15) is 19.8 Å². The van der Waals surface area contributed by atoms with Crippen LogP contribution in [0.5, 0.6) is 5.75 Å². The van der Waals surface area contributed by atoms with Gasteiger partial charge in [0.05, 0.1) is 5.69 Å². The highest BCUT2D eigenvalue weighted by molar-refractivity contribution is 5.93. The molecule has 0 unspecified atom stereocenters. The maximum Gasteiger partial charge on any atom is 0.345 e. The van der Waals surface area contributed by atoms with Crippen LogP contribution in [0.4, 0.5) is 0 Å².